The van der Waals surface area contributed by atoms with Gasteiger partial charge in [0.2, 0.25) is 5.91 Å². The minimum atomic E-state index is 0.0692. The number of ether oxygens (including phenoxy) is 2. The fraction of sp³-hybridized carbons (Fsp3) is 0.565. The number of imidazole rings is 1. The molecule has 1 fully saturated rings. The first-order chi connectivity index (χ1) is 14.4. The Balaban J connectivity index is 1.76. The van der Waals surface area contributed by atoms with E-state index in [0.29, 0.717) is 18.9 Å². The highest BCUT2D eigenvalue weighted by Gasteiger charge is 2.31. The summed E-state index contributed by atoms with van der Waals surface area (Å²) in [5, 5.41) is 0. The summed E-state index contributed by atoms with van der Waals surface area (Å²) in [6.07, 6.45) is 4.74. The number of hydrogen-bond acceptors (Lipinski definition) is 5. The van der Waals surface area contributed by atoms with Crippen molar-refractivity contribution >= 4 is 11.6 Å². The molecule has 1 aromatic heterocycles. The van der Waals surface area contributed by atoms with E-state index in [2.05, 4.69) is 34.8 Å². The third-order valence-electron chi connectivity index (χ3n) is 5.32. The Morgan fingerprint density at radius 2 is 2.03 bits per heavy atom. The molecule has 164 valence electrons. The molecule has 1 unspecified atom stereocenters. The van der Waals surface area contributed by atoms with Crippen LogP contribution in [0.25, 0.3) is 0 Å². The maximum atomic E-state index is 13.0. The van der Waals surface area contributed by atoms with Crippen LogP contribution in [-0.2, 0) is 11.2 Å². The van der Waals surface area contributed by atoms with Crippen molar-refractivity contribution in [2.45, 2.75) is 52.7 Å². The average Bonchev–Trinajstić information content (AvgIpc) is 3.20. The first-order valence-corrected chi connectivity index (χ1v) is 10.7. The fourth-order valence-corrected chi connectivity index (χ4v) is 4.02. The van der Waals surface area contributed by atoms with Crippen molar-refractivity contribution in [1.82, 2.24) is 14.9 Å². The van der Waals surface area contributed by atoms with Gasteiger partial charge in [-0.3, -0.25) is 4.79 Å². The van der Waals surface area contributed by atoms with E-state index in [4.69, 9.17) is 9.47 Å². The summed E-state index contributed by atoms with van der Waals surface area (Å²) < 4.78 is 11.4. The zero-order chi connectivity index (χ0) is 21.7. The van der Waals surface area contributed by atoms with Crippen LogP contribution in [0, 0.1) is 5.92 Å². The number of carbonyl (C=O) groups is 1. The second-order valence-electron chi connectivity index (χ2n) is 8.57. The SMILES string of the molecule is COc1ccc(N2CCN(C(=O)Cc3cnc[nH]3)C(CC(C)C)C2)cc1OC(C)C. The van der Waals surface area contributed by atoms with Gasteiger partial charge in [0.05, 0.1) is 26.0 Å². The highest BCUT2D eigenvalue weighted by Crippen LogP contribution is 2.34. The van der Waals surface area contributed by atoms with Crippen LogP contribution < -0.4 is 14.4 Å². The minimum absolute atomic E-state index is 0.0692. The van der Waals surface area contributed by atoms with Crippen LogP contribution in [-0.4, -0.2) is 59.7 Å². The number of nitrogens with one attached hydrogen (secondary N) is 1. The summed E-state index contributed by atoms with van der Waals surface area (Å²) >= 11 is 0. The van der Waals surface area contributed by atoms with Gasteiger partial charge >= 0.3 is 0 Å². The van der Waals surface area contributed by atoms with E-state index in [1.165, 1.54) is 0 Å². The van der Waals surface area contributed by atoms with Crippen LogP contribution in [0.4, 0.5) is 5.69 Å². The molecule has 2 aromatic rings. The number of aromatic amines is 1. The average molecular weight is 415 g/mol. The van der Waals surface area contributed by atoms with Gasteiger partial charge in [-0.2, -0.15) is 0 Å². The topological polar surface area (TPSA) is 70.7 Å². The lowest BCUT2D eigenvalue weighted by atomic mass is 9.99. The predicted molar refractivity (Wildman–Crippen MR) is 118 cm³/mol. The van der Waals surface area contributed by atoms with Crippen molar-refractivity contribution in [3.63, 3.8) is 0 Å². The number of H-pyrrole nitrogens is 1. The molecule has 1 aromatic carbocycles. The summed E-state index contributed by atoms with van der Waals surface area (Å²) in [5.41, 5.74) is 1.96. The Hall–Kier alpha value is -2.70. The lowest BCUT2D eigenvalue weighted by molar-refractivity contribution is -0.133. The predicted octanol–water partition coefficient (Wildman–Crippen LogP) is 3.51. The van der Waals surface area contributed by atoms with E-state index in [0.717, 1.165) is 42.4 Å². The molecule has 30 heavy (non-hydrogen) atoms. The second kappa shape index (κ2) is 9.87. The van der Waals surface area contributed by atoms with Crippen LogP contribution in [0.3, 0.4) is 0 Å². The van der Waals surface area contributed by atoms with Gasteiger partial charge in [-0.1, -0.05) is 13.8 Å². The molecular weight excluding hydrogens is 380 g/mol. The molecule has 0 saturated carbocycles. The second-order valence-corrected chi connectivity index (χ2v) is 8.57. The summed E-state index contributed by atoms with van der Waals surface area (Å²) in [6.45, 7) is 10.7. The van der Waals surface area contributed by atoms with E-state index in [1.54, 1.807) is 19.6 Å². The van der Waals surface area contributed by atoms with Gasteiger partial charge in [0, 0.05) is 49.3 Å². The Labute approximate surface area is 179 Å². The number of aromatic nitrogens is 2. The molecule has 1 amide bonds. The van der Waals surface area contributed by atoms with E-state index in [9.17, 15) is 4.79 Å². The summed E-state index contributed by atoms with van der Waals surface area (Å²) in [7, 11) is 1.66. The highest BCUT2D eigenvalue weighted by molar-refractivity contribution is 5.79. The normalized spacial score (nSPS) is 17.0. The number of rotatable bonds is 8. The molecule has 0 radical (unpaired) electrons. The summed E-state index contributed by atoms with van der Waals surface area (Å²) in [6, 6.07) is 6.25. The molecular formula is C23H34N4O3. The Bertz CT molecular complexity index is 820. The van der Waals surface area contributed by atoms with Gasteiger partial charge in [-0.15, -0.1) is 0 Å². The molecule has 1 saturated heterocycles. The minimum Gasteiger partial charge on any atom is -0.493 e. The van der Waals surface area contributed by atoms with Crippen LogP contribution in [0.15, 0.2) is 30.7 Å². The number of methoxy groups -OCH3 is 1. The Morgan fingerprint density at radius 3 is 2.67 bits per heavy atom. The Morgan fingerprint density at radius 1 is 1.23 bits per heavy atom. The zero-order valence-electron chi connectivity index (χ0n) is 18.7. The fourth-order valence-electron chi connectivity index (χ4n) is 4.02. The summed E-state index contributed by atoms with van der Waals surface area (Å²) in [4.78, 5) is 24.4. The molecule has 1 N–H and O–H groups in total. The van der Waals surface area contributed by atoms with Crippen molar-refractivity contribution in [3.05, 3.63) is 36.4 Å². The van der Waals surface area contributed by atoms with Crippen molar-refractivity contribution in [1.29, 1.82) is 0 Å². The number of carbonyl (C=O) groups excluding carboxylic acids is 1. The molecule has 7 heteroatoms. The maximum absolute atomic E-state index is 13.0. The van der Waals surface area contributed by atoms with E-state index in [-0.39, 0.29) is 18.1 Å². The van der Waals surface area contributed by atoms with Gasteiger partial charge in [0.15, 0.2) is 11.5 Å². The number of nitrogens with zero attached hydrogens (tertiary/aromatic N) is 3. The van der Waals surface area contributed by atoms with E-state index < -0.39 is 0 Å². The molecule has 0 bridgehead atoms. The third kappa shape index (κ3) is 5.46. The maximum Gasteiger partial charge on any atom is 0.228 e. The number of hydrogen-bond donors (Lipinski definition) is 1. The number of anilines is 1. The number of benzene rings is 1. The van der Waals surface area contributed by atoms with Gasteiger partial charge in [-0.25, -0.2) is 4.98 Å². The standard InChI is InChI=1S/C23H34N4O3/c1-16(2)10-20-14-26(8-9-27(20)23(28)11-18-13-24-15-25-18)19-6-7-21(29-5)22(12-19)30-17(3)4/h6-7,12-13,15-17,20H,8-11,14H2,1-5H3,(H,24,25). The van der Waals surface area contributed by atoms with Crippen LogP contribution >= 0.6 is 0 Å². The van der Waals surface area contributed by atoms with Crippen molar-refractivity contribution < 1.29 is 14.3 Å². The van der Waals surface area contributed by atoms with Gasteiger partial charge < -0.3 is 24.3 Å². The molecule has 3 rings (SSSR count). The number of piperazine rings is 1. The first-order valence-electron chi connectivity index (χ1n) is 10.7. The third-order valence-corrected chi connectivity index (χ3v) is 5.32. The molecule has 1 aliphatic rings. The number of amides is 1. The largest absolute Gasteiger partial charge is 0.493 e. The highest BCUT2D eigenvalue weighted by atomic mass is 16.5. The van der Waals surface area contributed by atoms with Crippen LogP contribution in [0.1, 0.15) is 39.8 Å². The van der Waals surface area contributed by atoms with Gasteiger partial charge in [0.25, 0.3) is 0 Å². The molecule has 7 nitrogen and oxygen atoms in total. The quantitative estimate of drug-likeness (QED) is 0.716. The molecule has 1 aliphatic heterocycles. The van der Waals surface area contributed by atoms with Crippen molar-refractivity contribution in [2.24, 2.45) is 5.92 Å². The van der Waals surface area contributed by atoms with Crippen LogP contribution in [0.2, 0.25) is 0 Å². The molecule has 1 atom stereocenters. The van der Waals surface area contributed by atoms with Crippen LogP contribution in [0.5, 0.6) is 11.5 Å². The smallest absolute Gasteiger partial charge is 0.228 e. The first kappa shape index (κ1) is 22.0. The molecule has 0 aliphatic carbocycles. The Kier molecular flexibility index (Phi) is 7.24. The lowest BCUT2D eigenvalue weighted by Gasteiger charge is -2.43. The van der Waals surface area contributed by atoms with Gasteiger partial charge in [0.1, 0.15) is 0 Å². The zero-order valence-corrected chi connectivity index (χ0v) is 18.7. The van der Waals surface area contributed by atoms with Crippen molar-refractivity contribution in [2.75, 3.05) is 31.6 Å². The lowest BCUT2D eigenvalue weighted by Crippen LogP contribution is -2.56. The van der Waals surface area contributed by atoms with Gasteiger partial charge in [-0.05, 0) is 38.3 Å². The monoisotopic (exact) mass is 414 g/mol. The van der Waals surface area contributed by atoms with Crippen molar-refractivity contribution in [3.8, 4) is 11.5 Å². The van der Waals surface area contributed by atoms with E-state index in [1.807, 2.05) is 30.9 Å². The summed E-state index contributed by atoms with van der Waals surface area (Å²) in [5.74, 6) is 2.15. The molecule has 2 heterocycles. The molecule has 0 spiro atoms. The van der Waals surface area contributed by atoms with E-state index >= 15 is 0 Å².